The monoisotopic (exact) mass is 418 g/mol. The van der Waals surface area contributed by atoms with Gasteiger partial charge in [-0.1, -0.05) is 6.92 Å². The lowest BCUT2D eigenvalue weighted by atomic mass is 10.1. The Labute approximate surface area is 166 Å². The molecule has 0 bridgehead atoms. The molecule has 0 saturated carbocycles. The lowest BCUT2D eigenvalue weighted by Gasteiger charge is -2.16. The Kier molecular flexibility index (Phi) is 4.93. The lowest BCUT2D eigenvalue weighted by molar-refractivity contribution is 0.0507. The van der Waals surface area contributed by atoms with Crippen LogP contribution in [0, 0.1) is 0 Å². The molecule has 0 radical (unpaired) electrons. The highest BCUT2D eigenvalue weighted by Gasteiger charge is 2.31. The van der Waals surface area contributed by atoms with Crippen LogP contribution in [-0.4, -0.2) is 54.4 Å². The number of benzene rings is 1. The van der Waals surface area contributed by atoms with Gasteiger partial charge in [0.1, 0.15) is 5.52 Å². The lowest BCUT2D eigenvalue weighted by Crippen LogP contribution is -2.32. The molecule has 3 aromatic rings. The molecule has 9 nitrogen and oxygen atoms in total. The third-order valence-corrected chi connectivity index (χ3v) is 6.96. The predicted octanol–water partition coefficient (Wildman–Crippen LogP) is 1.30. The van der Waals surface area contributed by atoms with Crippen LogP contribution in [0.4, 0.5) is 0 Å². The van der Waals surface area contributed by atoms with Crippen molar-refractivity contribution in [2.24, 2.45) is 5.73 Å². The number of nitrogens with zero attached hydrogens (tertiary/aromatic N) is 1. The normalized spacial score (nSPS) is 17.9. The molecule has 10 heteroatoms. The highest BCUT2D eigenvalue weighted by atomic mass is 32.2. The van der Waals surface area contributed by atoms with Crippen LogP contribution < -0.4 is 11.3 Å². The minimum atomic E-state index is -3.74. The number of hydrogen-bond acceptors (Lipinski definition) is 6. The van der Waals surface area contributed by atoms with E-state index in [1.807, 2.05) is 6.92 Å². The molecule has 0 unspecified atom stereocenters. The van der Waals surface area contributed by atoms with Crippen molar-refractivity contribution in [3.8, 4) is 0 Å². The highest BCUT2D eigenvalue weighted by Crippen LogP contribution is 2.29. The van der Waals surface area contributed by atoms with Crippen LogP contribution >= 0.6 is 0 Å². The molecule has 4 rings (SSSR count). The van der Waals surface area contributed by atoms with E-state index in [0.717, 1.165) is 0 Å². The van der Waals surface area contributed by atoms with Gasteiger partial charge in [-0.25, -0.2) is 13.2 Å². The number of aromatic nitrogens is 2. The Morgan fingerprint density at radius 2 is 2.17 bits per heavy atom. The van der Waals surface area contributed by atoms with E-state index in [1.54, 1.807) is 0 Å². The number of nitrogens with one attached hydrogen (secondary N) is 2. The third kappa shape index (κ3) is 3.33. The van der Waals surface area contributed by atoms with E-state index in [4.69, 9.17) is 10.5 Å². The minimum absolute atomic E-state index is 0.0847. The zero-order chi connectivity index (χ0) is 20.8. The number of H-pyrrole nitrogens is 2. The van der Waals surface area contributed by atoms with E-state index in [-0.39, 0.29) is 35.2 Å². The molecule has 154 valence electrons. The van der Waals surface area contributed by atoms with E-state index in [9.17, 15) is 18.0 Å². The second-order valence-electron chi connectivity index (χ2n) is 7.16. The van der Waals surface area contributed by atoms with Gasteiger partial charge < -0.3 is 20.4 Å². The van der Waals surface area contributed by atoms with E-state index in [1.165, 1.54) is 28.7 Å². The van der Waals surface area contributed by atoms with Crippen LogP contribution in [0.1, 0.15) is 30.1 Å². The summed E-state index contributed by atoms with van der Waals surface area (Å²) in [5, 5.41) is 0.800. The molecule has 1 atom stereocenters. The van der Waals surface area contributed by atoms with Gasteiger partial charge >= 0.3 is 5.97 Å². The van der Waals surface area contributed by atoms with Crippen molar-refractivity contribution in [1.82, 2.24) is 14.3 Å². The van der Waals surface area contributed by atoms with Crippen LogP contribution in [-0.2, 0) is 14.8 Å². The number of carbonyl (C=O) groups is 1. The minimum Gasteiger partial charge on any atom is -0.462 e. The summed E-state index contributed by atoms with van der Waals surface area (Å²) in [6.45, 7) is 2.76. The number of esters is 1. The fraction of sp³-hybridized carbons (Fsp3) is 0.368. The number of fused-ring (bicyclic) bond motifs is 3. The van der Waals surface area contributed by atoms with Crippen molar-refractivity contribution in [1.29, 1.82) is 0 Å². The van der Waals surface area contributed by atoms with Gasteiger partial charge in [0.2, 0.25) is 10.0 Å². The highest BCUT2D eigenvalue weighted by molar-refractivity contribution is 7.89. The topological polar surface area (TPSA) is 138 Å². The predicted molar refractivity (Wildman–Crippen MR) is 108 cm³/mol. The average Bonchev–Trinajstić information content (AvgIpc) is 3.33. The molecule has 0 spiro atoms. The average molecular weight is 418 g/mol. The zero-order valence-electron chi connectivity index (χ0n) is 15.9. The Morgan fingerprint density at radius 3 is 2.86 bits per heavy atom. The maximum Gasteiger partial charge on any atom is 0.340 e. The molecule has 1 aliphatic heterocycles. The van der Waals surface area contributed by atoms with Crippen molar-refractivity contribution >= 4 is 37.8 Å². The third-order valence-electron chi connectivity index (χ3n) is 5.10. The zero-order valence-corrected chi connectivity index (χ0v) is 16.7. The summed E-state index contributed by atoms with van der Waals surface area (Å²) < 4.78 is 32.6. The maximum absolute atomic E-state index is 13.0. The number of aromatic amines is 2. The summed E-state index contributed by atoms with van der Waals surface area (Å²) in [6.07, 6.45) is 2.68. The fourth-order valence-corrected chi connectivity index (χ4v) is 5.16. The standard InChI is InChI=1S/C19H22N4O5S/c1-2-7-28-19(25)14-9-21-17-16(14)13-8-12(3-4-15(13)22-18(17)24)29(26,27)23-6-5-11(20)10-23/h3-4,8-9,11,21H,2,5-7,10,20H2,1H3,(H,22,24)/t11-/m1/s1. The SMILES string of the molecule is CCCOC(=O)c1c[nH]c2c(=O)[nH]c3ccc(S(=O)(=O)N4CC[C@@H](N)C4)cc3c12. The van der Waals surface area contributed by atoms with Crippen molar-refractivity contribution in [2.45, 2.75) is 30.7 Å². The van der Waals surface area contributed by atoms with Crippen LogP contribution in [0.15, 0.2) is 34.1 Å². The molecular weight excluding hydrogens is 396 g/mol. The second-order valence-corrected chi connectivity index (χ2v) is 9.10. The Bertz CT molecular complexity index is 1260. The number of carbonyl (C=O) groups excluding carboxylic acids is 1. The van der Waals surface area contributed by atoms with Gasteiger partial charge in [-0.2, -0.15) is 4.31 Å². The van der Waals surface area contributed by atoms with Gasteiger partial charge in [-0.15, -0.1) is 0 Å². The summed E-state index contributed by atoms with van der Waals surface area (Å²) >= 11 is 0. The van der Waals surface area contributed by atoms with Crippen LogP contribution in [0.5, 0.6) is 0 Å². The van der Waals surface area contributed by atoms with Crippen LogP contribution in [0.25, 0.3) is 21.8 Å². The van der Waals surface area contributed by atoms with Crippen LogP contribution in [0.3, 0.4) is 0 Å². The molecule has 3 heterocycles. The number of pyridine rings is 1. The first kappa shape index (κ1) is 19.6. The van der Waals surface area contributed by atoms with Crippen molar-refractivity contribution in [3.63, 3.8) is 0 Å². The Hall–Kier alpha value is -2.69. The smallest absolute Gasteiger partial charge is 0.340 e. The molecule has 29 heavy (non-hydrogen) atoms. The molecular formula is C19H22N4O5S. The molecule has 1 aliphatic rings. The number of nitrogens with two attached hydrogens (primary N) is 1. The molecule has 0 aliphatic carbocycles. The molecule has 1 fully saturated rings. The van der Waals surface area contributed by atoms with Crippen molar-refractivity contribution in [3.05, 3.63) is 40.3 Å². The second kappa shape index (κ2) is 7.29. The first-order valence-corrected chi connectivity index (χ1v) is 10.9. The summed E-state index contributed by atoms with van der Waals surface area (Å²) in [7, 11) is -3.74. The molecule has 1 saturated heterocycles. The van der Waals surface area contributed by atoms with Gasteiger partial charge in [0.05, 0.1) is 17.1 Å². The fourth-order valence-electron chi connectivity index (χ4n) is 3.62. The molecule has 0 amide bonds. The largest absolute Gasteiger partial charge is 0.462 e. The van der Waals surface area contributed by atoms with E-state index in [2.05, 4.69) is 9.97 Å². The quantitative estimate of drug-likeness (QED) is 0.534. The summed E-state index contributed by atoms with van der Waals surface area (Å²) in [5.74, 6) is -0.566. The molecule has 4 N–H and O–H groups in total. The molecule has 2 aromatic heterocycles. The van der Waals surface area contributed by atoms with Crippen LogP contribution in [0.2, 0.25) is 0 Å². The molecule has 1 aromatic carbocycles. The number of rotatable bonds is 5. The van der Waals surface area contributed by atoms with Crippen molar-refractivity contribution in [2.75, 3.05) is 19.7 Å². The van der Waals surface area contributed by atoms with Crippen molar-refractivity contribution < 1.29 is 17.9 Å². The number of sulfonamides is 1. The number of ether oxygens (including phenoxy) is 1. The summed E-state index contributed by atoms with van der Waals surface area (Å²) in [6, 6.07) is 4.29. The first-order chi connectivity index (χ1) is 13.8. The van der Waals surface area contributed by atoms with E-state index < -0.39 is 21.6 Å². The number of hydrogen-bond donors (Lipinski definition) is 3. The van der Waals surface area contributed by atoms with Gasteiger partial charge in [0, 0.05) is 41.6 Å². The van der Waals surface area contributed by atoms with Gasteiger partial charge in [-0.05, 0) is 31.0 Å². The van der Waals surface area contributed by atoms with E-state index in [0.29, 0.717) is 35.7 Å². The summed E-state index contributed by atoms with van der Waals surface area (Å²) in [5.41, 5.74) is 6.28. The van der Waals surface area contributed by atoms with Gasteiger partial charge in [-0.3, -0.25) is 4.79 Å². The van der Waals surface area contributed by atoms with Gasteiger partial charge in [0.25, 0.3) is 5.56 Å². The van der Waals surface area contributed by atoms with Gasteiger partial charge in [0.15, 0.2) is 0 Å². The summed E-state index contributed by atoms with van der Waals surface area (Å²) in [4.78, 5) is 30.5. The Balaban J connectivity index is 1.90. The maximum atomic E-state index is 13.0. The van der Waals surface area contributed by atoms with E-state index >= 15 is 0 Å². The Morgan fingerprint density at radius 1 is 1.38 bits per heavy atom. The first-order valence-electron chi connectivity index (χ1n) is 9.43.